The lowest BCUT2D eigenvalue weighted by atomic mass is 10.1. The van der Waals surface area contributed by atoms with E-state index in [2.05, 4.69) is 10.6 Å². The number of hydrogen-bond acceptors (Lipinski definition) is 3. The van der Waals surface area contributed by atoms with Crippen LogP contribution < -0.4 is 15.4 Å². The van der Waals surface area contributed by atoms with E-state index in [4.69, 9.17) is 27.9 Å². The summed E-state index contributed by atoms with van der Waals surface area (Å²) < 4.78 is 5.25. The van der Waals surface area contributed by atoms with Crippen LogP contribution in [0.2, 0.25) is 10.0 Å². The maximum absolute atomic E-state index is 6.03. The number of halogens is 2. The number of rotatable bonds is 6. The van der Waals surface area contributed by atoms with E-state index < -0.39 is 0 Å². The minimum absolute atomic E-state index is 0.554. The molecule has 5 heteroatoms. The van der Waals surface area contributed by atoms with Crippen LogP contribution >= 0.6 is 23.2 Å². The van der Waals surface area contributed by atoms with Crippen LogP contribution in [0, 0.1) is 0 Å². The van der Waals surface area contributed by atoms with Gasteiger partial charge in [0.2, 0.25) is 0 Å². The molecule has 16 heavy (non-hydrogen) atoms. The second-order valence-corrected chi connectivity index (χ2v) is 4.20. The van der Waals surface area contributed by atoms with Gasteiger partial charge < -0.3 is 15.4 Å². The van der Waals surface area contributed by atoms with Crippen LogP contribution in [0.1, 0.15) is 5.56 Å². The first-order valence-electron chi connectivity index (χ1n) is 5.06. The summed E-state index contributed by atoms with van der Waals surface area (Å²) in [6, 6.07) is 3.57. The highest BCUT2D eigenvalue weighted by Crippen LogP contribution is 2.32. The van der Waals surface area contributed by atoms with E-state index in [1.807, 2.05) is 13.1 Å². The van der Waals surface area contributed by atoms with Gasteiger partial charge in [0.1, 0.15) is 5.75 Å². The third-order valence-electron chi connectivity index (χ3n) is 2.16. The molecule has 0 heterocycles. The van der Waals surface area contributed by atoms with Gasteiger partial charge in [0.15, 0.2) is 0 Å². The van der Waals surface area contributed by atoms with E-state index in [9.17, 15) is 0 Å². The summed E-state index contributed by atoms with van der Waals surface area (Å²) in [6.07, 6.45) is 0.825. The highest BCUT2D eigenvalue weighted by molar-refractivity contribution is 6.35. The molecule has 0 aromatic heterocycles. The zero-order chi connectivity index (χ0) is 12.0. The quantitative estimate of drug-likeness (QED) is 0.610. The summed E-state index contributed by atoms with van der Waals surface area (Å²) in [6.45, 7) is 1.62. The second kappa shape index (κ2) is 6.97. The Balaban J connectivity index is 2.69. The lowest BCUT2D eigenvalue weighted by Gasteiger charge is -2.11. The van der Waals surface area contributed by atoms with Gasteiger partial charge in [0.05, 0.1) is 12.1 Å². The summed E-state index contributed by atoms with van der Waals surface area (Å²) in [5, 5.41) is 7.42. The predicted octanol–water partition coefficient (Wildman–Crippen LogP) is 2.31. The molecule has 0 spiro atoms. The molecule has 2 N–H and O–H groups in total. The Hall–Kier alpha value is -0.480. The first-order chi connectivity index (χ1) is 7.69. The summed E-state index contributed by atoms with van der Waals surface area (Å²) in [7, 11) is 3.50. The summed E-state index contributed by atoms with van der Waals surface area (Å²) >= 11 is 12.0. The maximum atomic E-state index is 6.03. The molecule has 0 fully saturated rings. The number of ether oxygens (including phenoxy) is 1. The third-order valence-corrected chi connectivity index (χ3v) is 2.66. The Morgan fingerprint density at radius 3 is 2.69 bits per heavy atom. The van der Waals surface area contributed by atoms with Crippen LogP contribution in [0.5, 0.6) is 5.75 Å². The molecule has 1 rings (SSSR count). The normalized spacial score (nSPS) is 10.5. The van der Waals surface area contributed by atoms with Crippen LogP contribution in [0.15, 0.2) is 12.1 Å². The van der Waals surface area contributed by atoms with Crippen molar-refractivity contribution in [2.24, 2.45) is 0 Å². The van der Waals surface area contributed by atoms with Gasteiger partial charge in [-0.05, 0) is 31.2 Å². The molecule has 0 aliphatic rings. The van der Waals surface area contributed by atoms with Gasteiger partial charge in [-0.2, -0.15) is 0 Å². The van der Waals surface area contributed by atoms with Crippen molar-refractivity contribution in [1.29, 1.82) is 0 Å². The minimum atomic E-state index is 0.554. The van der Waals surface area contributed by atoms with E-state index in [-0.39, 0.29) is 0 Å². The number of nitrogens with one attached hydrogen (secondary N) is 2. The molecule has 1 aromatic carbocycles. The number of methoxy groups -OCH3 is 1. The highest BCUT2D eigenvalue weighted by Gasteiger charge is 2.09. The standard InChI is InChI=1S/C11H16Cl2N2O/c1-14-7-15-4-3-8-5-9(12)6-10(13)11(8)16-2/h5-6,14-15H,3-4,7H2,1-2H3. The fraction of sp³-hybridized carbons (Fsp3) is 0.455. The monoisotopic (exact) mass is 262 g/mol. The number of hydrogen-bond donors (Lipinski definition) is 2. The second-order valence-electron chi connectivity index (χ2n) is 3.36. The molecule has 3 nitrogen and oxygen atoms in total. The van der Waals surface area contributed by atoms with Crippen LogP contribution in [-0.4, -0.2) is 27.4 Å². The van der Waals surface area contributed by atoms with Gasteiger partial charge in [-0.25, -0.2) is 0 Å². The third kappa shape index (κ3) is 3.83. The van der Waals surface area contributed by atoms with Crippen molar-refractivity contribution in [2.45, 2.75) is 6.42 Å². The Bertz CT molecular complexity index is 345. The summed E-state index contributed by atoms with van der Waals surface area (Å²) in [5.41, 5.74) is 1.02. The lowest BCUT2D eigenvalue weighted by Crippen LogP contribution is -2.27. The topological polar surface area (TPSA) is 33.3 Å². The van der Waals surface area contributed by atoms with Crippen molar-refractivity contribution >= 4 is 23.2 Å². The fourth-order valence-electron chi connectivity index (χ4n) is 1.46. The average Bonchev–Trinajstić information content (AvgIpc) is 2.24. The Kier molecular flexibility index (Phi) is 5.91. The van der Waals surface area contributed by atoms with Gasteiger partial charge >= 0.3 is 0 Å². The van der Waals surface area contributed by atoms with Gasteiger partial charge in [-0.3, -0.25) is 0 Å². The number of benzene rings is 1. The van der Waals surface area contributed by atoms with Crippen molar-refractivity contribution < 1.29 is 4.74 Å². The SMILES string of the molecule is CNCNCCc1cc(Cl)cc(Cl)c1OC. The van der Waals surface area contributed by atoms with E-state index >= 15 is 0 Å². The van der Waals surface area contributed by atoms with Crippen molar-refractivity contribution in [3.05, 3.63) is 27.7 Å². The van der Waals surface area contributed by atoms with Crippen molar-refractivity contribution in [3.8, 4) is 5.75 Å². The Morgan fingerprint density at radius 1 is 1.31 bits per heavy atom. The molecule has 0 saturated carbocycles. The summed E-state index contributed by atoms with van der Waals surface area (Å²) in [5.74, 6) is 0.706. The predicted molar refractivity (Wildman–Crippen MR) is 68.6 cm³/mol. The van der Waals surface area contributed by atoms with Crippen LogP contribution in [0.3, 0.4) is 0 Å². The molecule has 0 radical (unpaired) electrons. The smallest absolute Gasteiger partial charge is 0.140 e. The zero-order valence-electron chi connectivity index (χ0n) is 9.44. The molecule has 0 unspecified atom stereocenters. The van der Waals surface area contributed by atoms with Crippen LogP contribution in [-0.2, 0) is 6.42 Å². The minimum Gasteiger partial charge on any atom is -0.495 e. The molecule has 0 aliphatic heterocycles. The molecule has 0 bridgehead atoms. The van der Waals surface area contributed by atoms with E-state index in [1.54, 1.807) is 13.2 Å². The molecule has 0 saturated heterocycles. The fourth-order valence-corrected chi connectivity index (χ4v) is 2.08. The molecule has 1 aromatic rings. The molecule has 90 valence electrons. The van der Waals surface area contributed by atoms with Gasteiger partial charge in [0.25, 0.3) is 0 Å². The van der Waals surface area contributed by atoms with Crippen molar-refractivity contribution in [2.75, 3.05) is 27.4 Å². The maximum Gasteiger partial charge on any atom is 0.140 e. The first kappa shape index (κ1) is 13.6. The van der Waals surface area contributed by atoms with Gasteiger partial charge in [-0.1, -0.05) is 23.2 Å². The largest absolute Gasteiger partial charge is 0.495 e. The molecule has 0 aliphatic carbocycles. The Labute approximate surface area is 106 Å². The molecule has 0 amide bonds. The molecular weight excluding hydrogens is 247 g/mol. The van der Waals surface area contributed by atoms with Gasteiger partial charge in [-0.15, -0.1) is 0 Å². The molecular formula is C11H16Cl2N2O. The first-order valence-corrected chi connectivity index (χ1v) is 5.82. The van der Waals surface area contributed by atoms with Crippen molar-refractivity contribution in [3.63, 3.8) is 0 Å². The Morgan fingerprint density at radius 2 is 2.06 bits per heavy atom. The zero-order valence-corrected chi connectivity index (χ0v) is 11.0. The van der Waals surface area contributed by atoms with Gasteiger partial charge in [0, 0.05) is 18.2 Å². The van der Waals surface area contributed by atoms with Crippen molar-refractivity contribution in [1.82, 2.24) is 10.6 Å². The highest BCUT2D eigenvalue weighted by atomic mass is 35.5. The van der Waals surface area contributed by atoms with E-state index in [0.717, 1.165) is 25.2 Å². The lowest BCUT2D eigenvalue weighted by molar-refractivity contribution is 0.409. The summed E-state index contributed by atoms with van der Waals surface area (Å²) in [4.78, 5) is 0. The average molecular weight is 263 g/mol. The van der Waals surface area contributed by atoms with E-state index in [1.165, 1.54) is 0 Å². The van der Waals surface area contributed by atoms with E-state index in [0.29, 0.717) is 15.8 Å². The molecule has 0 atom stereocenters. The van der Waals surface area contributed by atoms with Crippen LogP contribution in [0.4, 0.5) is 0 Å². The van der Waals surface area contributed by atoms with Crippen LogP contribution in [0.25, 0.3) is 0 Å².